The normalized spacial score (nSPS) is 20.3. The molecule has 2 N–H and O–H groups in total. The van der Waals surface area contributed by atoms with Gasteiger partial charge in [0.15, 0.2) is 0 Å². The number of aromatic nitrogens is 2. The van der Waals surface area contributed by atoms with Crippen molar-refractivity contribution >= 4 is 11.6 Å². The molecule has 1 aliphatic heterocycles. The van der Waals surface area contributed by atoms with E-state index >= 15 is 0 Å². The number of nitrogens with two attached hydrogens (primary N) is 1. The van der Waals surface area contributed by atoms with E-state index in [2.05, 4.69) is 28.7 Å². The summed E-state index contributed by atoms with van der Waals surface area (Å²) in [5, 5.41) is 0. The van der Waals surface area contributed by atoms with E-state index in [0.29, 0.717) is 12.4 Å². The molecule has 0 amide bonds. The van der Waals surface area contributed by atoms with Gasteiger partial charge >= 0.3 is 0 Å². The van der Waals surface area contributed by atoms with Crippen LogP contribution in [0.5, 0.6) is 0 Å². The van der Waals surface area contributed by atoms with Crippen LogP contribution in [-0.4, -0.2) is 35.3 Å². The summed E-state index contributed by atoms with van der Waals surface area (Å²) in [6, 6.07) is 1.80. The molecule has 82 valence electrons. The molecule has 0 atom stereocenters. The van der Waals surface area contributed by atoms with Gasteiger partial charge < -0.3 is 15.4 Å². The van der Waals surface area contributed by atoms with Crippen molar-refractivity contribution in [3.05, 3.63) is 12.4 Å². The Labute approximate surface area is 89.3 Å². The Balaban J connectivity index is 2.29. The molecule has 2 rings (SSSR count). The van der Waals surface area contributed by atoms with E-state index in [4.69, 9.17) is 10.5 Å². The second-order valence-corrected chi connectivity index (χ2v) is 4.32. The highest BCUT2D eigenvalue weighted by Crippen LogP contribution is 2.25. The minimum absolute atomic E-state index is 0.0426. The maximum absolute atomic E-state index is 5.64. The smallest absolute Gasteiger partial charge is 0.134 e. The molecule has 0 radical (unpaired) electrons. The SMILES string of the molecule is CC1(C)COCCN1c1cc(N)ncn1. The van der Waals surface area contributed by atoms with Crippen molar-refractivity contribution in [2.45, 2.75) is 19.4 Å². The van der Waals surface area contributed by atoms with Crippen molar-refractivity contribution < 1.29 is 4.74 Å². The Morgan fingerprint density at radius 3 is 2.93 bits per heavy atom. The molecular weight excluding hydrogens is 192 g/mol. The first-order valence-corrected chi connectivity index (χ1v) is 5.02. The predicted octanol–water partition coefficient (Wildman–Crippen LogP) is 0.674. The van der Waals surface area contributed by atoms with E-state index in [1.54, 1.807) is 6.07 Å². The molecule has 1 saturated heterocycles. The van der Waals surface area contributed by atoms with Crippen LogP contribution >= 0.6 is 0 Å². The minimum Gasteiger partial charge on any atom is -0.384 e. The summed E-state index contributed by atoms with van der Waals surface area (Å²) in [5.41, 5.74) is 5.60. The zero-order chi connectivity index (χ0) is 10.9. The third-order valence-electron chi connectivity index (χ3n) is 2.60. The molecule has 0 aromatic carbocycles. The summed E-state index contributed by atoms with van der Waals surface area (Å²) in [6.07, 6.45) is 1.50. The highest BCUT2D eigenvalue weighted by Gasteiger charge is 2.31. The van der Waals surface area contributed by atoms with Gasteiger partial charge in [0.1, 0.15) is 18.0 Å². The largest absolute Gasteiger partial charge is 0.384 e. The molecule has 1 fully saturated rings. The summed E-state index contributed by atoms with van der Waals surface area (Å²) < 4.78 is 5.45. The number of nitrogen functional groups attached to an aromatic ring is 1. The summed E-state index contributed by atoms with van der Waals surface area (Å²) in [7, 11) is 0. The Hall–Kier alpha value is -1.36. The van der Waals surface area contributed by atoms with Crippen LogP contribution in [0.4, 0.5) is 11.6 Å². The lowest BCUT2D eigenvalue weighted by Crippen LogP contribution is -2.53. The third-order valence-corrected chi connectivity index (χ3v) is 2.60. The number of morpholine rings is 1. The molecule has 0 bridgehead atoms. The van der Waals surface area contributed by atoms with Crippen LogP contribution in [0, 0.1) is 0 Å². The lowest BCUT2D eigenvalue weighted by atomic mass is 10.0. The average Bonchev–Trinajstić information content (AvgIpc) is 2.17. The molecule has 0 unspecified atom stereocenters. The summed E-state index contributed by atoms with van der Waals surface area (Å²) in [4.78, 5) is 10.3. The van der Waals surface area contributed by atoms with Gasteiger partial charge in [0.2, 0.25) is 0 Å². The summed E-state index contributed by atoms with van der Waals surface area (Å²) in [5.74, 6) is 1.37. The van der Waals surface area contributed by atoms with Crippen LogP contribution in [0.25, 0.3) is 0 Å². The van der Waals surface area contributed by atoms with Crippen molar-refractivity contribution in [1.82, 2.24) is 9.97 Å². The maximum Gasteiger partial charge on any atom is 0.134 e. The highest BCUT2D eigenvalue weighted by atomic mass is 16.5. The van der Waals surface area contributed by atoms with Crippen LogP contribution < -0.4 is 10.6 Å². The first kappa shape index (κ1) is 10.2. The molecule has 0 aliphatic carbocycles. The molecular formula is C10H16N4O. The van der Waals surface area contributed by atoms with E-state index in [9.17, 15) is 0 Å². The fraction of sp³-hybridized carbons (Fsp3) is 0.600. The molecule has 1 aliphatic rings. The number of anilines is 2. The van der Waals surface area contributed by atoms with Crippen LogP contribution in [0.15, 0.2) is 12.4 Å². The fourth-order valence-corrected chi connectivity index (χ4v) is 1.79. The van der Waals surface area contributed by atoms with Gasteiger partial charge in [-0.2, -0.15) is 0 Å². The number of hydrogen-bond donors (Lipinski definition) is 1. The number of hydrogen-bond acceptors (Lipinski definition) is 5. The van der Waals surface area contributed by atoms with Crippen LogP contribution in [0.2, 0.25) is 0 Å². The Morgan fingerprint density at radius 1 is 1.47 bits per heavy atom. The third kappa shape index (κ3) is 2.02. The van der Waals surface area contributed by atoms with Crippen LogP contribution in [0.3, 0.4) is 0 Å². The number of rotatable bonds is 1. The van der Waals surface area contributed by atoms with Crippen LogP contribution in [-0.2, 0) is 4.74 Å². The van der Waals surface area contributed by atoms with E-state index in [-0.39, 0.29) is 5.54 Å². The highest BCUT2D eigenvalue weighted by molar-refractivity contribution is 5.48. The molecule has 1 aromatic rings. The van der Waals surface area contributed by atoms with Crippen molar-refractivity contribution in [3.8, 4) is 0 Å². The maximum atomic E-state index is 5.64. The molecule has 0 spiro atoms. The van der Waals surface area contributed by atoms with E-state index in [1.807, 2.05) is 0 Å². The standard InChI is InChI=1S/C10H16N4O/c1-10(2)6-15-4-3-14(10)9-5-8(11)12-7-13-9/h5,7H,3-4,6H2,1-2H3,(H2,11,12,13). The van der Waals surface area contributed by atoms with Crippen molar-refractivity contribution in [2.75, 3.05) is 30.4 Å². The van der Waals surface area contributed by atoms with Gasteiger partial charge in [-0.15, -0.1) is 0 Å². The van der Waals surface area contributed by atoms with Crippen LogP contribution in [0.1, 0.15) is 13.8 Å². The van der Waals surface area contributed by atoms with Gasteiger partial charge in [0.25, 0.3) is 0 Å². The zero-order valence-corrected chi connectivity index (χ0v) is 9.10. The lowest BCUT2D eigenvalue weighted by molar-refractivity contribution is 0.0639. The van der Waals surface area contributed by atoms with Gasteiger partial charge in [-0.1, -0.05) is 0 Å². The molecule has 1 aromatic heterocycles. The average molecular weight is 208 g/mol. The predicted molar refractivity (Wildman–Crippen MR) is 58.7 cm³/mol. The lowest BCUT2D eigenvalue weighted by Gasteiger charge is -2.42. The monoisotopic (exact) mass is 208 g/mol. The van der Waals surface area contributed by atoms with Gasteiger partial charge in [-0.25, -0.2) is 9.97 Å². The minimum atomic E-state index is -0.0426. The van der Waals surface area contributed by atoms with Crippen molar-refractivity contribution in [3.63, 3.8) is 0 Å². The van der Waals surface area contributed by atoms with E-state index in [0.717, 1.165) is 19.0 Å². The molecule has 15 heavy (non-hydrogen) atoms. The molecule has 0 saturated carbocycles. The second kappa shape index (κ2) is 3.66. The first-order valence-electron chi connectivity index (χ1n) is 5.02. The van der Waals surface area contributed by atoms with Gasteiger partial charge in [0.05, 0.1) is 18.8 Å². The zero-order valence-electron chi connectivity index (χ0n) is 9.10. The van der Waals surface area contributed by atoms with E-state index < -0.39 is 0 Å². The topological polar surface area (TPSA) is 64.3 Å². The number of nitrogens with zero attached hydrogens (tertiary/aromatic N) is 3. The summed E-state index contributed by atoms with van der Waals surface area (Å²) in [6.45, 7) is 6.53. The summed E-state index contributed by atoms with van der Waals surface area (Å²) >= 11 is 0. The Bertz CT molecular complexity index is 353. The second-order valence-electron chi connectivity index (χ2n) is 4.32. The van der Waals surface area contributed by atoms with Gasteiger partial charge in [0, 0.05) is 12.6 Å². The quantitative estimate of drug-likeness (QED) is 0.735. The molecule has 2 heterocycles. The molecule has 5 heteroatoms. The first-order chi connectivity index (χ1) is 7.09. The fourth-order valence-electron chi connectivity index (χ4n) is 1.79. The van der Waals surface area contributed by atoms with Gasteiger partial charge in [-0.05, 0) is 13.8 Å². The van der Waals surface area contributed by atoms with E-state index in [1.165, 1.54) is 6.33 Å². The van der Waals surface area contributed by atoms with Crippen molar-refractivity contribution in [2.24, 2.45) is 0 Å². The Morgan fingerprint density at radius 2 is 2.27 bits per heavy atom. The molecule has 5 nitrogen and oxygen atoms in total. The Kier molecular flexibility index (Phi) is 2.48. The van der Waals surface area contributed by atoms with Crippen molar-refractivity contribution in [1.29, 1.82) is 0 Å². The van der Waals surface area contributed by atoms with Gasteiger partial charge in [-0.3, -0.25) is 0 Å². The number of ether oxygens (including phenoxy) is 1.